The molecule has 1 radical (unpaired) electrons. The van der Waals surface area contributed by atoms with Gasteiger partial charge in [0.15, 0.2) is 0 Å². The third kappa shape index (κ3) is 6.62. The number of hydrogen-bond acceptors (Lipinski definition) is 2. The summed E-state index contributed by atoms with van der Waals surface area (Å²) in [6, 6.07) is 6.61. The zero-order valence-corrected chi connectivity index (χ0v) is 18.3. The Labute approximate surface area is 173 Å². The Bertz CT molecular complexity index is 706. The maximum Gasteiger partial charge on any atom is 0.146 e. The van der Waals surface area contributed by atoms with E-state index in [2.05, 4.69) is 78.2 Å². The molecule has 0 spiro atoms. The lowest BCUT2D eigenvalue weighted by Gasteiger charge is -2.29. The topological polar surface area (TPSA) is 21.3 Å². The standard InChI is InChI=1S/C25H37BNO/c1-8-10-19(5)27-25-15-22-11-9-12-23(24(22)16-26-25)18(4)14-21(7)28-20(6)13-17(2)3/h9,11-12,17,21,25,27H,4-6,8,10,13-16H2,1-3,7H3/t21?,25-/m0/s1. The number of nitrogens with one attached hydrogen (secondary N) is 1. The molecule has 0 amide bonds. The monoisotopic (exact) mass is 378 g/mol. The van der Waals surface area contributed by atoms with Gasteiger partial charge in [-0.05, 0) is 53.9 Å². The van der Waals surface area contributed by atoms with E-state index in [1.807, 2.05) is 0 Å². The van der Waals surface area contributed by atoms with Crippen molar-refractivity contribution in [3.8, 4) is 0 Å². The minimum absolute atomic E-state index is 0.0916. The van der Waals surface area contributed by atoms with Gasteiger partial charge in [-0.2, -0.15) is 0 Å². The first-order valence-electron chi connectivity index (χ1n) is 10.7. The highest BCUT2D eigenvalue weighted by molar-refractivity contribution is 6.38. The maximum absolute atomic E-state index is 6.00. The zero-order chi connectivity index (χ0) is 20.7. The van der Waals surface area contributed by atoms with E-state index in [1.54, 1.807) is 0 Å². The highest BCUT2D eigenvalue weighted by atomic mass is 16.5. The molecule has 0 saturated heterocycles. The summed E-state index contributed by atoms with van der Waals surface area (Å²) < 4.78 is 6.00. The van der Waals surface area contributed by atoms with Crippen LogP contribution in [-0.4, -0.2) is 19.3 Å². The van der Waals surface area contributed by atoms with Crippen LogP contribution in [0.3, 0.4) is 0 Å². The van der Waals surface area contributed by atoms with Crippen LogP contribution >= 0.6 is 0 Å². The van der Waals surface area contributed by atoms with E-state index in [1.165, 1.54) is 16.7 Å². The van der Waals surface area contributed by atoms with Gasteiger partial charge in [-0.15, -0.1) is 0 Å². The van der Waals surface area contributed by atoms with Gasteiger partial charge >= 0.3 is 0 Å². The molecule has 3 heteroatoms. The average molecular weight is 378 g/mol. The van der Waals surface area contributed by atoms with Crippen LogP contribution in [-0.2, 0) is 17.5 Å². The molecular formula is C25H37BNO. The van der Waals surface area contributed by atoms with Crippen molar-refractivity contribution in [2.75, 3.05) is 0 Å². The predicted octanol–water partition coefficient (Wildman–Crippen LogP) is 6.04. The summed E-state index contributed by atoms with van der Waals surface area (Å²) in [6.45, 7) is 21.3. The molecule has 2 atom stereocenters. The van der Waals surface area contributed by atoms with Gasteiger partial charge in [0.2, 0.25) is 0 Å². The smallest absolute Gasteiger partial charge is 0.146 e. The van der Waals surface area contributed by atoms with Crippen LogP contribution < -0.4 is 5.32 Å². The third-order valence-electron chi connectivity index (χ3n) is 5.18. The van der Waals surface area contributed by atoms with Crippen LogP contribution in [0.15, 0.2) is 49.4 Å². The molecule has 1 heterocycles. The van der Waals surface area contributed by atoms with Crippen molar-refractivity contribution >= 4 is 12.9 Å². The van der Waals surface area contributed by atoms with Crippen molar-refractivity contribution in [3.05, 3.63) is 66.1 Å². The Morgan fingerprint density at radius 3 is 2.64 bits per heavy atom. The Kier molecular flexibility index (Phi) is 8.47. The van der Waals surface area contributed by atoms with Gasteiger partial charge in [0.05, 0.1) is 11.9 Å². The largest absolute Gasteiger partial charge is 0.495 e. The molecule has 28 heavy (non-hydrogen) atoms. The highest BCUT2D eigenvalue weighted by Gasteiger charge is 2.23. The normalized spacial score (nSPS) is 16.7. The van der Waals surface area contributed by atoms with Crippen LogP contribution in [0.1, 0.15) is 70.1 Å². The van der Waals surface area contributed by atoms with E-state index in [0.717, 1.165) is 55.5 Å². The quantitative estimate of drug-likeness (QED) is 0.374. The average Bonchev–Trinajstić information content (AvgIpc) is 2.60. The first kappa shape index (κ1) is 22.4. The Morgan fingerprint density at radius 2 is 1.96 bits per heavy atom. The molecule has 0 aliphatic carbocycles. The van der Waals surface area contributed by atoms with Gasteiger partial charge in [0.25, 0.3) is 0 Å². The second-order valence-corrected chi connectivity index (χ2v) is 8.56. The van der Waals surface area contributed by atoms with Gasteiger partial charge in [0.1, 0.15) is 7.28 Å². The minimum Gasteiger partial charge on any atom is -0.495 e. The Hall–Kier alpha value is -1.90. The number of benzene rings is 1. The van der Waals surface area contributed by atoms with Gasteiger partial charge in [-0.1, -0.05) is 71.4 Å². The van der Waals surface area contributed by atoms with E-state index in [0.29, 0.717) is 11.9 Å². The Balaban J connectivity index is 1.99. The summed E-state index contributed by atoms with van der Waals surface area (Å²) in [4.78, 5) is 0. The molecule has 1 N–H and O–H groups in total. The SMILES string of the molecule is C=C(CCC)N[C@@H]1[B]Cc2c(cccc2C(=C)CC(C)OC(=C)CC(C)C)C1. The van der Waals surface area contributed by atoms with Gasteiger partial charge in [0, 0.05) is 18.5 Å². The predicted molar refractivity (Wildman–Crippen MR) is 123 cm³/mol. The van der Waals surface area contributed by atoms with E-state index < -0.39 is 0 Å². The fourth-order valence-corrected chi connectivity index (χ4v) is 4.01. The number of hydrogen-bond donors (Lipinski definition) is 1. The van der Waals surface area contributed by atoms with Crippen LogP contribution in [0.5, 0.6) is 0 Å². The third-order valence-corrected chi connectivity index (χ3v) is 5.18. The summed E-state index contributed by atoms with van der Waals surface area (Å²) in [6.07, 6.45) is 5.96. The molecule has 2 nitrogen and oxygen atoms in total. The second-order valence-electron chi connectivity index (χ2n) is 8.56. The second kappa shape index (κ2) is 10.6. The highest BCUT2D eigenvalue weighted by Crippen LogP contribution is 2.29. The maximum atomic E-state index is 6.00. The number of allylic oxidation sites excluding steroid dienone is 2. The van der Waals surface area contributed by atoms with E-state index >= 15 is 0 Å². The summed E-state index contributed by atoms with van der Waals surface area (Å²) in [5.74, 6) is 1.81. The molecule has 1 unspecified atom stereocenters. The van der Waals surface area contributed by atoms with Crippen molar-refractivity contribution in [3.63, 3.8) is 0 Å². The fourth-order valence-electron chi connectivity index (χ4n) is 4.01. The molecular weight excluding hydrogens is 341 g/mol. The van der Waals surface area contributed by atoms with Gasteiger partial charge in [-0.3, -0.25) is 0 Å². The van der Waals surface area contributed by atoms with E-state index in [-0.39, 0.29) is 6.10 Å². The molecule has 1 aromatic carbocycles. The number of fused-ring (bicyclic) bond motifs is 1. The van der Waals surface area contributed by atoms with Crippen molar-refractivity contribution in [1.29, 1.82) is 0 Å². The Morgan fingerprint density at radius 1 is 1.21 bits per heavy atom. The first-order chi connectivity index (χ1) is 13.3. The van der Waals surface area contributed by atoms with Crippen LogP contribution in [0.2, 0.25) is 0 Å². The molecule has 0 bridgehead atoms. The molecule has 1 aromatic rings. The van der Waals surface area contributed by atoms with E-state index in [4.69, 9.17) is 4.74 Å². The molecule has 0 saturated carbocycles. The zero-order valence-electron chi connectivity index (χ0n) is 18.3. The first-order valence-corrected chi connectivity index (χ1v) is 10.7. The summed E-state index contributed by atoms with van der Waals surface area (Å²) >= 11 is 0. The lowest BCUT2D eigenvalue weighted by molar-refractivity contribution is 0.125. The molecule has 1 aliphatic rings. The van der Waals surface area contributed by atoms with E-state index in [9.17, 15) is 0 Å². The summed E-state index contributed by atoms with van der Waals surface area (Å²) in [5, 5.41) is 3.58. The van der Waals surface area contributed by atoms with Gasteiger partial charge < -0.3 is 10.1 Å². The number of rotatable bonds is 11. The summed E-state index contributed by atoms with van der Waals surface area (Å²) in [5.41, 5.74) is 6.40. The van der Waals surface area contributed by atoms with Crippen LogP contribution in [0, 0.1) is 5.92 Å². The van der Waals surface area contributed by atoms with Crippen LogP contribution in [0.4, 0.5) is 0 Å². The minimum atomic E-state index is 0.0916. The fraction of sp³-hybridized carbons (Fsp3) is 0.520. The lowest BCUT2D eigenvalue weighted by atomic mass is 9.57. The summed E-state index contributed by atoms with van der Waals surface area (Å²) in [7, 11) is 2.38. The van der Waals surface area contributed by atoms with Crippen molar-refractivity contribution in [2.45, 2.75) is 78.2 Å². The van der Waals surface area contributed by atoms with Crippen molar-refractivity contribution < 1.29 is 4.74 Å². The van der Waals surface area contributed by atoms with Crippen molar-refractivity contribution in [1.82, 2.24) is 5.32 Å². The number of ether oxygens (including phenoxy) is 1. The van der Waals surface area contributed by atoms with Crippen LogP contribution in [0.25, 0.3) is 5.57 Å². The lowest BCUT2D eigenvalue weighted by Crippen LogP contribution is -2.40. The molecule has 0 aromatic heterocycles. The molecule has 0 fully saturated rings. The molecule has 151 valence electrons. The van der Waals surface area contributed by atoms with Gasteiger partial charge in [-0.25, -0.2) is 0 Å². The van der Waals surface area contributed by atoms with Crippen molar-refractivity contribution in [2.24, 2.45) is 5.92 Å². The molecule has 2 rings (SSSR count). The molecule has 1 aliphatic heterocycles.